The van der Waals surface area contributed by atoms with Crippen LogP contribution >= 0.6 is 0 Å². The Balaban J connectivity index is 2.17. The summed E-state index contributed by atoms with van der Waals surface area (Å²) in [7, 11) is 0. The molecule has 0 bridgehead atoms. The summed E-state index contributed by atoms with van der Waals surface area (Å²) in [5, 5.41) is 13.8. The van der Waals surface area contributed by atoms with Gasteiger partial charge in [0.1, 0.15) is 0 Å². The maximum atomic E-state index is 12.3. The number of rotatable bonds is 3. The van der Waals surface area contributed by atoms with Gasteiger partial charge in [0.15, 0.2) is 0 Å². The zero-order valence-corrected chi connectivity index (χ0v) is 12.4. The van der Waals surface area contributed by atoms with Gasteiger partial charge >= 0.3 is 0 Å². The average molecular weight is 291 g/mol. The van der Waals surface area contributed by atoms with Crippen LogP contribution in [0.3, 0.4) is 0 Å². The summed E-state index contributed by atoms with van der Waals surface area (Å²) < 4.78 is 0. The minimum absolute atomic E-state index is 0.0243. The fourth-order valence-corrected chi connectivity index (χ4v) is 2.87. The predicted molar refractivity (Wildman–Crippen MR) is 81.1 cm³/mol. The molecule has 1 aromatic rings. The van der Waals surface area contributed by atoms with E-state index in [1.165, 1.54) is 6.07 Å². The summed E-state index contributed by atoms with van der Waals surface area (Å²) in [5.74, 6) is -0.195. The highest BCUT2D eigenvalue weighted by molar-refractivity contribution is 5.93. The van der Waals surface area contributed by atoms with Gasteiger partial charge < -0.3 is 11.1 Å². The van der Waals surface area contributed by atoms with E-state index in [1.54, 1.807) is 13.0 Å². The van der Waals surface area contributed by atoms with Crippen molar-refractivity contribution in [2.75, 3.05) is 5.32 Å². The third kappa shape index (κ3) is 3.58. The summed E-state index contributed by atoms with van der Waals surface area (Å²) in [6.07, 6.45) is 3.41. The van der Waals surface area contributed by atoms with Crippen molar-refractivity contribution in [2.45, 2.75) is 45.6 Å². The van der Waals surface area contributed by atoms with Gasteiger partial charge in [0.2, 0.25) is 5.91 Å². The van der Waals surface area contributed by atoms with Gasteiger partial charge in [-0.1, -0.05) is 6.42 Å². The standard InChI is InChI=1S/C15H21N3O3/c1-9-6-10(2)14(18(20)21)8-13(9)17-15(19)11-4-3-5-12(16)7-11/h6,8,11-12H,3-5,7,16H2,1-2H3,(H,17,19). The van der Waals surface area contributed by atoms with Gasteiger partial charge in [-0.2, -0.15) is 0 Å². The second kappa shape index (κ2) is 6.22. The summed E-state index contributed by atoms with van der Waals surface area (Å²) in [6.45, 7) is 3.52. The highest BCUT2D eigenvalue weighted by Crippen LogP contribution is 2.29. The summed E-state index contributed by atoms with van der Waals surface area (Å²) in [6, 6.07) is 3.23. The van der Waals surface area contributed by atoms with Crippen LogP contribution in [-0.4, -0.2) is 16.9 Å². The van der Waals surface area contributed by atoms with E-state index in [0.29, 0.717) is 17.7 Å². The maximum Gasteiger partial charge on any atom is 0.274 e. The molecule has 6 nitrogen and oxygen atoms in total. The number of amides is 1. The molecule has 1 aliphatic carbocycles. The third-order valence-electron chi connectivity index (χ3n) is 4.08. The Hall–Kier alpha value is -1.95. The van der Waals surface area contributed by atoms with Crippen LogP contribution in [-0.2, 0) is 4.79 Å². The minimum atomic E-state index is -0.430. The van der Waals surface area contributed by atoms with E-state index >= 15 is 0 Å². The van der Waals surface area contributed by atoms with Gasteiger partial charge in [-0.3, -0.25) is 14.9 Å². The highest BCUT2D eigenvalue weighted by atomic mass is 16.6. The van der Waals surface area contributed by atoms with Gasteiger partial charge in [0, 0.05) is 23.6 Å². The molecule has 2 unspecified atom stereocenters. The fraction of sp³-hybridized carbons (Fsp3) is 0.533. The van der Waals surface area contributed by atoms with Gasteiger partial charge in [0.05, 0.1) is 10.6 Å². The molecule has 0 heterocycles. The number of nitrogens with zero attached hydrogens (tertiary/aromatic N) is 1. The van der Waals surface area contributed by atoms with Crippen LogP contribution in [0.1, 0.15) is 36.8 Å². The molecule has 1 saturated carbocycles. The van der Waals surface area contributed by atoms with Crippen LogP contribution in [0.25, 0.3) is 0 Å². The molecule has 2 atom stereocenters. The van der Waals surface area contributed by atoms with E-state index in [1.807, 2.05) is 6.92 Å². The number of nitrogens with one attached hydrogen (secondary N) is 1. The van der Waals surface area contributed by atoms with Crippen molar-refractivity contribution >= 4 is 17.3 Å². The van der Waals surface area contributed by atoms with Crippen LogP contribution in [0.2, 0.25) is 0 Å². The molecule has 1 aromatic carbocycles. The van der Waals surface area contributed by atoms with E-state index in [0.717, 1.165) is 24.8 Å². The lowest BCUT2D eigenvalue weighted by Crippen LogP contribution is -2.34. The van der Waals surface area contributed by atoms with Crippen molar-refractivity contribution in [1.29, 1.82) is 0 Å². The molecule has 1 amide bonds. The molecule has 114 valence electrons. The van der Waals surface area contributed by atoms with Gasteiger partial charge in [-0.05, 0) is 44.7 Å². The number of nitro groups is 1. The van der Waals surface area contributed by atoms with E-state index < -0.39 is 4.92 Å². The van der Waals surface area contributed by atoms with Crippen molar-refractivity contribution < 1.29 is 9.72 Å². The molecule has 0 spiro atoms. The number of aryl methyl sites for hydroxylation is 2. The number of hydrogen-bond acceptors (Lipinski definition) is 4. The lowest BCUT2D eigenvalue weighted by atomic mass is 9.85. The van der Waals surface area contributed by atoms with Crippen LogP contribution in [0.4, 0.5) is 11.4 Å². The molecular weight excluding hydrogens is 270 g/mol. The number of nitrogens with two attached hydrogens (primary N) is 1. The highest BCUT2D eigenvalue weighted by Gasteiger charge is 2.26. The molecule has 0 saturated heterocycles. The first-order valence-electron chi connectivity index (χ1n) is 7.20. The molecule has 21 heavy (non-hydrogen) atoms. The molecule has 0 aliphatic heterocycles. The van der Waals surface area contributed by atoms with E-state index in [9.17, 15) is 14.9 Å². The zero-order chi connectivity index (χ0) is 15.6. The molecular formula is C15H21N3O3. The lowest BCUT2D eigenvalue weighted by Gasteiger charge is -2.25. The van der Waals surface area contributed by atoms with E-state index in [4.69, 9.17) is 5.73 Å². The Morgan fingerprint density at radius 3 is 2.67 bits per heavy atom. The Morgan fingerprint density at radius 1 is 1.33 bits per heavy atom. The molecule has 0 aromatic heterocycles. The molecule has 6 heteroatoms. The molecule has 3 N–H and O–H groups in total. The second-order valence-electron chi connectivity index (χ2n) is 5.82. The first kappa shape index (κ1) is 15.4. The Labute approximate surface area is 123 Å². The smallest absolute Gasteiger partial charge is 0.274 e. The normalized spacial score (nSPS) is 21.9. The summed E-state index contributed by atoms with van der Waals surface area (Å²) in [5.41, 5.74) is 7.85. The fourth-order valence-electron chi connectivity index (χ4n) is 2.87. The summed E-state index contributed by atoms with van der Waals surface area (Å²) >= 11 is 0. The maximum absolute atomic E-state index is 12.3. The van der Waals surface area contributed by atoms with Crippen LogP contribution < -0.4 is 11.1 Å². The topological polar surface area (TPSA) is 98.3 Å². The second-order valence-corrected chi connectivity index (χ2v) is 5.82. The Kier molecular flexibility index (Phi) is 4.57. The van der Waals surface area contributed by atoms with Crippen LogP contribution in [0, 0.1) is 29.9 Å². The quantitative estimate of drug-likeness (QED) is 0.660. The first-order valence-corrected chi connectivity index (χ1v) is 7.20. The average Bonchev–Trinajstić information content (AvgIpc) is 2.41. The number of benzene rings is 1. The molecule has 1 aliphatic rings. The van der Waals surface area contributed by atoms with Crippen molar-refractivity contribution in [1.82, 2.24) is 0 Å². The molecule has 2 rings (SSSR count). The number of carbonyl (C=O) groups is 1. The van der Waals surface area contributed by atoms with E-state index in [-0.39, 0.29) is 23.6 Å². The number of nitro benzene ring substituents is 1. The number of anilines is 1. The molecule has 1 fully saturated rings. The van der Waals surface area contributed by atoms with Gasteiger partial charge in [0.25, 0.3) is 5.69 Å². The zero-order valence-electron chi connectivity index (χ0n) is 12.4. The van der Waals surface area contributed by atoms with Crippen molar-refractivity contribution in [3.05, 3.63) is 33.4 Å². The number of carbonyl (C=O) groups excluding carboxylic acids is 1. The Bertz CT molecular complexity index is 572. The summed E-state index contributed by atoms with van der Waals surface area (Å²) in [4.78, 5) is 22.9. The van der Waals surface area contributed by atoms with Crippen LogP contribution in [0.5, 0.6) is 0 Å². The van der Waals surface area contributed by atoms with Crippen LogP contribution in [0.15, 0.2) is 12.1 Å². The van der Waals surface area contributed by atoms with Crippen molar-refractivity contribution in [3.63, 3.8) is 0 Å². The largest absolute Gasteiger partial charge is 0.328 e. The van der Waals surface area contributed by atoms with Gasteiger partial charge in [-0.25, -0.2) is 0 Å². The monoisotopic (exact) mass is 291 g/mol. The SMILES string of the molecule is Cc1cc(C)c([N+](=O)[O-])cc1NC(=O)C1CCCC(N)C1. The van der Waals surface area contributed by atoms with E-state index in [2.05, 4.69) is 5.32 Å². The third-order valence-corrected chi connectivity index (χ3v) is 4.08. The van der Waals surface area contributed by atoms with Gasteiger partial charge in [-0.15, -0.1) is 0 Å². The predicted octanol–water partition coefficient (Wildman–Crippen LogP) is 2.67. The molecule has 0 radical (unpaired) electrons. The number of hydrogen-bond donors (Lipinski definition) is 2. The minimum Gasteiger partial charge on any atom is -0.328 e. The van der Waals surface area contributed by atoms with Crippen molar-refractivity contribution in [2.24, 2.45) is 11.7 Å². The first-order chi connectivity index (χ1) is 9.88. The lowest BCUT2D eigenvalue weighted by molar-refractivity contribution is -0.385. The van der Waals surface area contributed by atoms with Crippen molar-refractivity contribution in [3.8, 4) is 0 Å². The Morgan fingerprint density at radius 2 is 2.05 bits per heavy atom.